The van der Waals surface area contributed by atoms with Gasteiger partial charge in [-0.1, -0.05) is 11.6 Å². The van der Waals surface area contributed by atoms with E-state index in [2.05, 4.69) is 19.7 Å². The van der Waals surface area contributed by atoms with Crippen molar-refractivity contribution >= 4 is 38.2 Å². The molecule has 36 heavy (non-hydrogen) atoms. The molecule has 0 bridgehead atoms. The van der Waals surface area contributed by atoms with Crippen molar-refractivity contribution in [2.75, 3.05) is 17.9 Å². The largest absolute Gasteiger partial charge is 0.488 e. The maximum atomic E-state index is 13.3. The van der Waals surface area contributed by atoms with Crippen molar-refractivity contribution in [2.45, 2.75) is 30.8 Å². The van der Waals surface area contributed by atoms with Crippen molar-refractivity contribution in [3.05, 3.63) is 71.7 Å². The summed E-state index contributed by atoms with van der Waals surface area (Å²) < 4.78 is 53.2. The molecule has 2 aromatic heterocycles. The molecule has 0 radical (unpaired) electrons. The van der Waals surface area contributed by atoms with Crippen LogP contribution in [0, 0.1) is 12.7 Å². The minimum atomic E-state index is -4.02. The van der Waals surface area contributed by atoms with Crippen LogP contribution in [0.2, 0.25) is 5.15 Å². The van der Waals surface area contributed by atoms with Gasteiger partial charge in [0.1, 0.15) is 29.5 Å². The van der Waals surface area contributed by atoms with Crippen LogP contribution in [0.5, 0.6) is 5.75 Å². The highest BCUT2D eigenvalue weighted by Crippen LogP contribution is 2.35. The molecule has 1 saturated heterocycles. The van der Waals surface area contributed by atoms with Crippen molar-refractivity contribution in [3.63, 3.8) is 0 Å². The molecule has 0 amide bonds. The molecule has 186 valence electrons. The lowest BCUT2D eigenvalue weighted by Gasteiger charge is -2.24. The number of aromatic nitrogens is 3. The van der Waals surface area contributed by atoms with E-state index in [1.807, 2.05) is 19.1 Å². The number of hydrogen-bond donors (Lipinski definition) is 1. The van der Waals surface area contributed by atoms with E-state index >= 15 is 0 Å². The summed E-state index contributed by atoms with van der Waals surface area (Å²) in [6.07, 6.45) is 4.59. The quantitative estimate of drug-likeness (QED) is 0.345. The Kier molecular flexibility index (Phi) is 6.74. The van der Waals surface area contributed by atoms with Crippen molar-refractivity contribution in [1.82, 2.24) is 15.0 Å². The topological polar surface area (TPSA) is 103 Å². The number of nitrogens with one attached hydrogen (secondary N) is 1. The first-order chi connectivity index (χ1) is 17.3. The van der Waals surface area contributed by atoms with Crippen molar-refractivity contribution in [2.24, 2.45) is 0 Å². The molecular formula is C25H22ClFN4O4S. The van der Waals surface area contributed by atoms with Crippen LogP contribution in [0.25, 0.3) is 22.0 Å². The summed E-state index contributed by atoms with van der Waals surface area (Å²) in [6, 6.07) is 9.85. The first-order valence-electron chi connectivity index (χ1n) is 11.2. The molecule has 8 nitrogen and oxygen atoms in total. The third kappa shape index (κ3) is 5.11. The highest BCUT2D eigenvalue weighted by Gasteiger charge is 2.20. The Morgan fingerprint density at radius 1 is 1.06 bits per heavy atom. The summed E-state index contributed by atoms with van der Waals surface area (Å²) >= 11 is 6.23. The molecule has 0 saturated carbocycles. The van der Waals surface area contributed by atoms with Crippen molar-refractivity contribution in [1.29, 1.82) is 0 Å². The molecule has 4 aromatic rings. The fourth-order valence-electron chi connectivity index (χ4n) is 3.98. The molecule has 0 spiro atoms. The van der Waals surface area contributed by atoms with Crippen LogP contribution in [-0.2, 0) is 14.8 Å². The summed E-state index contributed by atoms with van der Waals surface area (Å²) in [5.74, 6) is 0.0632. The first-order valence-corrected chi connectivity index (χ1v) is 13.1. The average molecular weight is 529 g/mol. The third-order valence-corrected chi connectivity index (χ3v) is 7.59. The van der Waals surface area contributed by atoms with Crippen molar-refractivity contribution < 1.29 is 22.3 Å². The Morgan fingerprint density at radius 3 is 2.56 bits per heavy atom. The lowest BCUT2D eigenvalue weighted by Crippen LogP contribution is -2.26. The van der Waals surface area contributed by atoms with E-state index in [1.54, 1.807) is 12.3 Å². The second-order valence-electron chi connectivity index (χ2n) is 8.38. The van der Waals surface area contributed by atoms with Crippen molar-refractivity contribution in [3.8, 4) is 16.9 Å². The molecule has 0 atom stereocenters. The van der Waals surface area contributed by atoms with Gasteiger partial charge in [-0.3, -0.25) is 4.72 Å². The normalized spacial score (nSPS) is 14.6. The fraction of sp³-hybridized carbons (Fsp3) is 0.240. The van der Waals surface area contributed by atoms with Crippen LogP contribution in [-0.4, -0.2) is 42.7 Å². The number of pyridine rings is 1. The lowest BCUT2D eigenvalue weighted by atomic mass is 10.0. The van der Waals surface area contributed by atoms with E-state index < -0.39 is 15.8 Å². The number of hydrogen-bond acceptors (Lipinski definition) is 7. The molecule has 0 aliphatic carbocycles. The number of rotatable bonds is 6. The molecule has 1 aliphatic heterocycles. The van der Waals surface area contributed by atoms with E-state index in [0.29, 0.717) is 30.0 Å². The van der Waals surface area contributed by atoms with Crippen LogP contribution in [0.4, 0.5) is 10.1 Å². The van der Waals surface area contributed by atoms with E-state index in [-0.39, 0.29) is 21.8 Å². The Hall–Kier alpha value is -3.34. The van der Waals surface area contributed by atoms with Gasteiger partial charge in [0, 0.05) is 35.7 Å². The molecule has 3 heterocycles. The average Bonchev–Trinajstić information content (AvgIpc) is 2.86. The predicted molar refractivity (Wildman–Crippen MR) is 134 cm³/mol. The standard InChI is InChI=1S/C25H22ClFN4O4S/c1-15-21-10-16(12-23(24(21)30-14-29-15)35-19-6-8-34-9-7-19)17-11-22(25(26)28-13-17)31-36(32,33)20-4-2-18(27)3-5-20/h2-5,10-14,19,31H,6-9H2,1H3. The zero-order valence-electron chi connectivity index (χ0n) is 19.2. The second kappa shape index (κ2) is 9.96. The zero-order valence-corrected chi connectivity index (χ0v) is 20.8. The SMILES string of the molecule is Cc1ncnc2c(OC3CCOCC3)cc(-c3cnc(Cl)c(NS(=O)(=O)c4ccc(F)cc4)c3)cc12. The van der Waals surface area contributed by atoms with Gasteiger partial charge in [0.2, 0.25) is 0 Å². The number of anilines is 1. The smallest absolute Gasteiger partial charge is 0.261 e. The van der Waals surface area contributed by atoms with Gasteiger partial charge in [-0.15, -0.1) is 0 Å². The maximum Gasteiger partial charge on any atom is 0.261 e. The van der Waals surface area contributed by atoms with E-state index in [1.165, 1.54) is 18.5 Å². The van der Waals surface area contributed by atoms with E-state index in [0.717, 1.165) is 41.6 Å². The van der Waals surface area contributed by atoms with Gasteiger partial charge in [0.15, 0.2) is 5.15 Å². The van der Waals surface area contributed by atoms with Crippen LogP contribution in [0.15, 0.2) is 59.9 Å². The minimum absolute atomic E-state index is 0.00565. The summed E-state index contributed by atoms with van der Waals surface area (Å²) in [5, 5.41) is 0.781. The van der Waals surface area contributed by atoms with Gasteiger partial charge in [0.25, 0.3) is 10.0 Å². The highest BCUT2D eigenvalue weighted by molar-refractivity contribution is 7.92. The number of fused-ring (bicyclic) bond motifs is 1. The van der Waals surface area contributed by atoms with Gasteiger partial charge in [0.05, 0.1) is 23.8 Å². The molecule has 0 unspecified atom stereocenters. The molecule has 11 heteroatoms. The number of sulfonamides is 1. The molecule has 5 rings (SSSR count). The van der Waals surface area contributed by atoms with Gasteiger partial charge >= 0.3 is 0 Å². The molecule has 2 aromatic carbocycles. The first kappa shape index (κ1) is 24.4. The Morgan fingerprint density at radius 2 is 1.81 bits per heavy atom. The summed E-state index contributed by atoms with van der Waals surface area (Å²) in [5.41, 5.74) is 2.90. The minimum Gasteiger partial charge on any atom is -0.488 e. The lowest BCUT2D eigenvalue weighted by molar-refractivity contribution is 0.0261. The number of benzene rings is 2. The van der Waals surface area contributed by atoms with Gasteiger partial charge < -0.3 is 9.47 Å². The molecule has 1 fully saturated rings. The Balaban J connectivity index is 1.54. The summed E-state index contributed by atoms with van der Waals surface area (Å²) in [6.45, 7) is 3.15. The molecule has 1 N–H and O–H groups in total. The summed E-state index contributed by atoms with van der Waals surface area (Å²) in [7, 11) is -4.02. The van der Waals surface area contributed by atoms with Gasteiger partial charge in [-0.2, -0.15) is 0 Å². The van der Waals surface area contributed by atoms with Crippen LogP contribution < -0.4 is 9.46 Å². The number of aryl methyl sites for hydroxylation is 1. The fourth-order valence-corrected chi connectivity index (χ4v) is 5.25. The highest BCUT2D eigenvalue weighted by atomic mass is 35.5. The van der Waals surface area contributed by atoms with Crippen LogP contribution >= 0.6 is 11.6 Å². The summed E-state index contributed by atoms with van der Waals surface area (Å²) in [4.78, 5) is 12.8. The molecule has 1 aliphatic rings. The predicted octanol–water partition coefficient (Wildman–Crippen LogP) is 5.15. The number of nitrogens with zero attached hydrogens (tertiary/aromatic N) is 3. The van der Waals surface area contributed by atoms with Crippen LogP contribution in [0.3, 0.4) is 0 Å². The Labute approximate surface area is 212 Å². The Bertz CT molecular complexity index is 1530. The second-order valence-corrected chi connectivity index (χ2v) is 10.4. The number of ether oxygens (including phenoxy) is 2. The molecular weight excluding hydrogens is 507 g/mol. The van der Waals surface area contributed by atoms with E-state index in [4.69, 9.17) is 21.1 Å². The maximum absolute atomic E-state index is 13.3. The van der Waals surface area contributed by atoms with E-state index in [9.17, 15) is 12.8 Å². The monoisotopic (exact) mass is 528 g/mol. The van der Waals surface area contributed by atoms with Gasteiger partial charge in [-0.05, 0) is 55.0 Å². The third-order valence-electron chi connectivity index (χ3n) is 5.91. The van der Waals surface area contributed by atoms with Gasteiger partial charge in [-0.25, -0.2) is 27.8 Å². The zero-order chi connectivity index (χ0) is 25.3. The van der Waals surface area contributed by atoms with Crippen LogP contribution in [0.1, 0.15) is 18.5 Å². The number of halogens is 2.